The molecule has 0 bridgehead atoms. The van der Waals surface area contributed by atoms with E-state index in [4.69, 9.17) is 9.47 Å². The molecule has 0 fully saturated rings. The summed E-state index contributed by atoms with van der Waals surface area (Å²) in [7, 11) is 0. The molecule has 1 aromatic rings. The Labute approximate surface area is 109 Å². The number of hydrogen-bond donors (Lipinski definition) is 0. The molecule has 1 aromatic carbocycles. The van der Waals surface area contributed by atoms with Crippen LogP contribution in [0.25, 0.3) is 0 Å². The highest BCUT2D eigenvalue weighted by Gasteiger charge is 2.33. The quantitative estimate of drug-likeness (QED) is 0.790. The minimum atomic E-state index is -4.39. The fourth-order valence-corrected chi connectivity index (χ4v) is 1.35. The second kappa shape index (κ2) is 5.50. The van der Waals surface area contributed by atoms with Gasteiger partial charge in [-0.1, -0.05) is 0 Å². The van der Waals surface area contributed by atoms with Crippen molar-refractivity contribution in [2.45, 2.75) is 32.5 Å². The van der Waals surface area contributed by atoms with Gasteiger partial charge in [0.15, 0.2) is 5.60 Å². The Bertz CT molecular complexity index is 435. The lowest BCUT2D eigenvalue weighted by Gasteiger charge is -2.24. The van der Waals surface area contributed by atoms with Crippen LogP contribution in [0.15, 0.2) is 24.3 Å². The summed E-state index contributed by atoms with van der Waals surface area (Å²) in [4.78, 5) is 11.6. The van der Waals surface area contributed by atoms with Crippen LogP contribution < -0.4 is 4.74 Å². The predicted octanol–water partition coefficient (Wildman–Crippen LogP) is 3.43. The molecule has 0 radical (unpaired) electrons. The van der Waals surface area contributed by atoms with Gasteiger partial charge < -0.3 is 9.47 Å². The molecule has 0 saturated heterocycles. The first-order valence-corrected chi connectivity index (χ1v) is 5.70. The number of ether oxygens (including phenoxy) is 2. The maximum Gasteiger partial charge on any atom is 0.416 e. The number of hydrogen-bond acceptors (Lipinski definition) is 3. The van der Waals surface area contributed by atoms with E-state index in [0.29, 0.717) is 0 Å². The number of benzene rings is 1. The number of carbonyl (C=O) groups is 1. The van der Waals surface area contributed by atoms with Crippen LogP contribution in [-0.4, -0.2) is 18.2 Å². The molecule has 19 heavy (non-hydrogen) atoms. The van der Waals surface area contributed by atoms with Crippen molar-refractivity contribution in [2.24, 2.45) is 0 Å². The Hall–Kier alpha value is -1.72. The number of esters is 1. The van der Waals surface area contributed by atoms with Gasteiger partial charge in [-0.2, -0.15) is 13.2 Å². The van der Waals surface area contributed by atoms with Gasteiger partial charge in [-0.05, 0) is 45.0 Å². The molecule has 6 heteroatoms. The molecule has 0 aliphatic carbocycles. The molecule has 1 rings (SSSR count). The largest absolute Gasteiger partial charge is 0.476 e. The maximum atomic E-state index is 12.4. The van der Waals surface area contributed by atoms with Crippen LogP contribution in [-0.2, 0) is 15.7 Å². The summed E-state index contributed by atoms with van der Waals surface area (Å²) in [6, 6.07) is 4.14. The molecule has 0 unspecified atom stereocenters. The van der Waals surface area contributed by atoms with Gasteiger partial charge >= 0.3 is 12.1 Å². The SMILES string of the molecule is CCOC(=O)C(C)(C)Oc1ccc(C(F)(F)F)cc1. The van der Waals surface area contributed by atoms with Crippen LogP contribution in [0, 0.1) is 0 Å². The third kappa shape index (κ3) is 4.15. The summed E-state index contributed by atoms with van der Waals surface area (Å²) in [5, 5.41) is 0. The van der Waals surface area contributed by atoms with Crippen molar-refractivity contribution in [3.05, 3.63) is 29.8 Å². The third-order valence-electron chi connectivity index (χ3n) is 2.32. The lowest BCUT2D eigenvalue weighted by atomic mass is 10.1. The van der Waals surface area contributed by atoms with E-state index in [1.807, 2.05) is 0 Å². The van der Waals surface area contributed by atoms with E-state index in [0.717, 1.165) is 12.1 Å². The Kier molecular flexibility index (Phi) is 4.44. The molecule has 106 valence electrons. The van der Waals surface area contributed by atoms with Crippen LogP contribution in [0.1, 0.15) is 26.3 Å². The van der Waals surface area contributed by atoms with E-state index in [1.54, 1.807) is 6.92 Å². The van der Waals surface area contributed by atoms with E-state index in [-0.39, 0.29) is 12.4 Å². The van der Waals surface area contributed by atoms with Crippen LogP contribution in [0.3, 0.4) is 0 Å². The zero-order chi connectivity index (χ0) is 14.7. The molecule has 0 N–H and O–H groups in total. The standard InChI is InChI=1S/C13H15F3O3/c1-4-18-11(17)12(2,3)19-10-7-5-9(6-8-10)13(14,15)16/h5-8H,4H2,1-3H3. The molecule has 0 aliphatic rings. The second-order valence-corrected chi connectivity index (χ2v) is 4.35. The van der Waals surface area contributed by atoms with Crippen molar-refractivity contribution in [2.75, 3.05) is 6.61 Å². The van der Waals surface area contributed by atoms with Crippen LogP contribution >= 0.6 is 0 Å². The number of rotatable bonds is 4. The average molecular weight is 276 g/mol. The van der Waals surface area contributed by atoms with Crippen molar-refractivity contribution < 1.29 is 27.4 Å². The summed E-state index contributed by atoms with van der Waals surface area (Å²) in [5.41, 5.74) is -2.02. The molecule has 0 atom stereocenters. The molecule has 0 heterocycles. The topological polar surface area (TPSA) is 35.5 Å². The molecular formula is C13H15F3O3. The van der Waals surface area contributed by atoms with Gasteiger partial charge in [-0.25, -0.2) is 4.79 Å². The van der Waals surface area contributed by atoms with Gasteiger partial charge in [0, 0.05) is 0 Å². The highest BCUT2D eigenvalue weighted by molar-refractivity contribution is 5.79. The van der Waals surface area contributed by atoms with E-state index >= 15 is 0 Å². The molecule has 3 nitrogen and oxygen atoms in total. The zero-order valence-corrected chi connectivity index (χ0v) is 10.9. The first-order valence-electron chi connectivity index (χ1n) is 5.70. The smallest absolute Gasteiger partial charge is 0.416 e. The minimum Gasteiger partial charge on any atom is -0.476 e. The van der Waals surface area contributed by atoms with Gasteiger partial charge in [0.05, 0.1) is 12.2 Å². The summed E-state index contributed by atoms with van der Waals surface area (Å²) in [6.45, 7) is 4.84. The Balaban J connectivity index is 2.80. The van der Waals surface area contributed by atoms with E-state index in [9.17, 15) is 18.0 Å². The maximum absolute atomic E-state index is 12.4. The highest BCUT2D eigenvalue weighted by Crippen LogP contribution is 2.31. The fraction of sp³-hybridized carbons (Fsp3) is 0.462. The normalized spacial score (nSPS) is 12.1. The van der Waals surface area contributed by atoms with Gasteiger partial charge in [-0.3, -0.25) is 0 Å². The molecule has 0 amide bonds. The molecule has 0 aromatic heterocycles. The van der Waals surface area contributed by atoms with E-state index < -0.39 is 23.3 Å². The highest BCUT2D eigenvalue weighted by atomic mass is 19.4. The van der Waals surface area contributed by atoms with Crippen molar-refractivity contribution in [3.8, 4) is 5.75 Å². The first kappa shape index (κ1) is 15.3. The Morgan fingerprint density at radius 2 is 1.68 bits per heavy atom. The predicted molar refractivity (Wildman–Crippen MR) is 62.8 cm³/mol. The summed E-state index contributed by atoms with van der Waals surface area (Å²) in [5.74, 6) is -0.402. The number of alkyl halides is 3. The van der Waals surface area contributed by atoms with Crippen molar-refractivity contribution in [3.63, 3.8) is 0 Å². The Morgan fingerprint density at radius 1 is 1.16 bits per heavy atom. The Morgan fingerprint density at radius 3 is 2.11 bits per heavy atom. The van der Waals surface area contributed by atoms with Crippen molar-refractivity contribution in [1.29, 1.82) is 0 Å². The number of carbonyl (C=O) groups excluding carboxylic acids is 1. The summed E-state index contributed by atoms with van der Waals surface area (Å²) in [6.07, 6.45) is -4.39. The first-order chi connectivity index (χ1) is 8.66. The van der Waals surface area contributed by atoms with E-state index in [2.05, 4.69) is 0 Å². The van der Waals surface area contributed by atoms with Crippen molar-refractivity contribution >= 4 is 5.97 Å². The average Bonchev–Trinajstić information content (AvgIpc) is 2.28. The zero-order valence-electron chi connectivity index (χ0n) is 10.9. The minimum absolute atomic E-state index is 0.172. The van der Waals surface area contributed by atoms with Crippen LogP contribution in [0.4, 0.5) is 13.2 Å². The lowest BCUT2D eigenvalue weighted by Crippen LogP contribution is -2.39. The second-order valence-electron chi connectivity index (χ2n) is 4.35. The lowest BCUT2D eigenvalue weighted by molar-refractivity contribution is -0.158. The molecular weight excluding hydrogens is 261 g/mol. The van der Waals surface area contributed by atoms with Gasteiger partial charge in [0.1, 0.15) is 5.75 Å². The van der Waals surface area contributed by atoms with E-state index in [1.165, 1.54) is 26.0 Å². The van der Waals surface area contributed by atoms with Gasteiger partial charge in [0.25, 0.3) is 0 Å². The third-order valence-corrected chi connectivity index (χ3v) is 2.32. The van der Waals surface area contributed by atoms with Crippen LogP contribution in [0.5, 0.6) is 5.75 Å². The van der Waals surface area contributed by atoms with Crippen LogP contribution in [0.2, 0.25) is 0 Å². The summed E-state index contributed by atoms with van der Waals surface area (Å²) < 4.78 is 47.3. The number of halogens is 3. The van der Waals surface area contributed by atoms with Crippen molar-refractivity contribution in [1.82, 2.24) is 0 Å². The summed E-state index contributed by atoms with van der Waals surface area (Å²) >= 11 is 0. The van der Waals surface area contributed by atoms with Gasteiger partial charge in [-0.15, -0.1) is 0 Å². The van der Waals surface area contributed by atoms with Gasteiger partial charge in [0.2, 0.25) is 0 Å². The molecule has 0 spiro atoms. The molecule has 0 saturated carbocycles. The fourth-order valence-electron chi connectivity index (χ4n) is 1.35. The molecule has 0 aliphatic heterocycles. The monoisotopic (exact) mass is 276 g/mol.